The van der Waals surface area contributed by atoms with Gasteiger partial charge in [0.1, 0.15) is 5.69 Å². The number of fused-ring (bicyclic) bond motifs is 2. The largest absolute Gasteiger partial charge is 0.390 e. The maximum Gasteiger partial charge on any atom is 0.274 e. The number of carbonyl (C=O) groups is 1. The predicted molar refractivity (Wildman–Crippen MR) is 80.5 cm³/mol. The topological polar surface area (TPSA) is 88.6 Å². The van der Waals surface area contributed by atoms with Crippen LogP contribution in [-0.2, 0) is 19.7 Å². The van der Waals surface area contributed by atoms with Gasteiger partial charge < -0.3 is 10.0 Å². The van der Waals surface area contributed by atoms with E-state index in [0.29, 0.717) is 30.3 Å². The average molecular weight is 312 g/mol. The molecule has 0 unspecified atom stereocenters. The van der Waals surface area contributed by atoms with Crippen molar-refractivity contribution in [1.29, 1.82) is 0 Å². The summed E-state index contributed by atoms with van der Waals surface area (Å²) in [6.07, 6.45) is 5.98. The van der Waals surface area contributed by atoms with Crippen LogP contribution in [0, 0.1) is 0 Å². The molecular weight excluding hydrogens is 296 g/mol. The Morgan fingerprint density at radius 3 is 3.09 bits per heavy atom. The number of nitrogens with zero attached hydrogens (tertiary/aromatic N) is 6. The van der Waals surface area contributed by atoms with E-state index in [-0.39, 0.29) is 12.5 Å². The lowest BCUT2D eigenvalue weighted by atomic mass is 10.3. The van der Waals surface area contributed by atoms with Crippen LogP contribution in [0.4, 0.5) is 0 Å². The van der Waals surface area contributed by atoms with E-state index in [2.05, 4.69) is 15.1 Å². The Morgan fingerprint density at radius 1 is 1.35 bits per heavy atom. The number of rotatable bonds is 2. The lowest BCUT2D eigenvalue weighted by Gasteiger charge is -2.18. The number of aryl methyl sites for hydroxylation is 1. The lowest BCUT2D eigenvalue weighted by molar-refractivity contribution is 0.0740. The first-order valence-corrected chi connectivity index (χ1v) is 7.50. The second kappa shape index (κ2) is 5.47. The first-order chi connectivity index (χ1) is 11.2. The Bertz CT molecular complexity index is 835. The number of hydrogen-bond acceptors (Lipinski definition) is 5. The summed E-state index contributed by atoms with van der Waals surface area (Å²) in [4.78, 5) is 23.0. The molecule has 1 amide bonds. The molecule has 4 rings (SSSR count). The van der Waals surface area contributed by atoms with E-state index in [1.807, 2.05) is 16.9 Å². The van der Waals surface area contributed by atoms with Gasteiger partial charge in [-0.3, -0.25) is 13.9 Å². The zero-order valence-electron chi connectivity index (χ0n) is 12.5. The highest BCUT2D eigenvalue weighted by Gasteiger charge is 2.23. The summed E-state index contributed by atoms with van der Waals surface area (Å²) in [5.74, 6) is 0.397. The van der Waals surface area contributed by atoms with Gasteiger partial charge in [0.25, 0.3) is 5.91 Å². The Hall–Kier alpha value is -2.74. The molecule has 4 heterocycles. The van der Waals surface area contributed by atoms with E-state index in [4.69, 9.17) is 0 Å². The first kappa shape index (κ1) is 13.9. The quantitative estimate of drug-likeness (QED) is 0.743. The van der Waals surface area contributed by atoms with E-state index in [1.165, 1.54) is 0 Å². The fourth-order valence-electron chi connectivity index (χ4n) is 2.87. The number of aromatic nitrogens is 5. The van der Waals surface area contributed by atoms with Gasteiger partial charge in [0.15, 0.2) is 0 Å². The van der Waals surface area contributed by atoms with Gasteiger partial charge >= 0.3 is 0 Å². The number of aliphatic hydroxyl groups excluding tert-OH is 1. The first-order valence-electron chi connectivity index (χ1n) is 7.50. The van der Waals surface area contributed by atoms with Crippen LogP contribution in [0.2, 0.25) is 0 Å². The molecule has 3 aromatic rings. The lowest BCUT2D eigenvalue weighted by Crippen LogP contribution is -2.31. The highest BCUT2D eigenvalue weighted by Crippen LogP contribution is 2.16. The molecule has 0 aliphatic carbocycles. The molecule has 0 atom stereocenters. The minimum absolute atomic E-state index is 0.0912. The third kappa shape index (κ3) is 2.46. The van der Waals surface area contributed by atoms with Gasteiger partial charge in [-0.1, -0.05) is 0 Å². The molecule has 0 spiro atoms. The van der Waals surface area contributed by atoms with Gasteiger partial charge in [-0.15, -0.1) is 0 Å². The van der Waals surface area contributed by atoms with Crippen LogP contribution in [0.25, 0.3) is 5.78 Å². The monoisotopic (exact) mass is 312 g/mol. The number of carbonyl (C=O) groups excluding carboxylic acids is 1. The number of aliphatic hydroxyl groups is 1. The zero-order valence-corrected chi connectivity index (χ0v) is 12.5. The molecule has 0 radical (unpaired) electrons. The smallest absolute Gasteiger partial charge is 0.274 e. The maximum absolute atomic E-state index is 12.8. The molecule has 1 aliphatic rings. The van der Waals surface area contributed by atoms with Crippen molar-refractivity contribution in [2.24, 2.45) is 0 Å². The third-order valence-electron chi connectivity index (χ3n) is 3.97. The van der Waals surface area contributed by atoms with E-state index >= 15 is 0 Å². The average Bonchev–Trinajstić information content (AvgIpc) is 3.12. The van der Waals surface area contributed by atoms with Crippen molar-refractivity contribution in [3.05, 3.63) is 47.8 Å². The summed E-state index contributed by atoms with van der Waals surface area (Å²) in [7, 11) is 0. The summed E-state index contributed by atoms with van der Waals surface area (Å²) >= 11 is 0. The molecule has 0 bridgehead atoms. The SMILES string of the molecule is O=C(c1cn2cccnc2n1)N1CCCn2nc(CO)cc2C1. The van der Waals surface area contributed by atoms with Gasteiger partial charge in [-0.05, 0) is 18.6 Å². The van der Waals surface area contributed by atoms with Gasteiger partial charge in [-0.2, -0.15) is 5.10 Å². The van der Waals surface area contributed by atoms with E-state index in [0.717, 1.165) is 18.7 Å². The van der Waals surface area contributed by atoms with E-state index < -0.39 is 0 Å². The third-order valence-corrected chi connectivity index (χ3v) is 3.97. The summed E-state index contributed by atoms with van der Waals surface area (Å²) < 4.78 is 3.60. The number of imidazole rings is 1. The molecule has 1 aliphatic heterocycles. The molecular formula is C15H16N6O2. The summed E-state index contributed by atoms with van der Waals surface area (Å²) in [6, 6.07) is 3.64. The van der Waals surface area contributed by atoms with Crippen molar-refractivity contribution >= 4 is 11.7 Å². The van der Waals surface area contributed by atoms with Crippen LogP contribution in [-0.4, -0.2) is 46.6 Å². The summed E-state index contributed by atoms with van der Waals surface area (Å²) in [6.45, 7) is 1.77. The van der Waals surface area contributed by atoms with Crippen LogP contribution in [0.5, 0.6) is 0 Å². The van der Waals surface area contributed by atoms with Crippen LogP contribution >= 0.6 is 0 Å². The van der Waals surface area contributed by atoms with Crippen molar-refractivity contribution in [1.82, 2.24) is 29.0 Å². The highest BCUT2D eigenvalue weighted by atomic mass is 16.3. The molecule has 3 aromatic heterocycles. The second-order valence-corrected chi connectivity index (χ2v) is 5.54. The normalized spacial score (nSPS) is 14.7. The highest BCUT2D eigenvalue weighted by molar-refractivity contribution is 5.92. The Labute approximate surface area is 132 Å². The fraction of sp³-hybridized carbons (Fsp3) is 0.333. The minimum atomic E-state index is -0.115. The zero-order chi connectivity index (χ0) is 15.8. The van der Waals surface area contributed by atoms with Crippen molar-refractivity contribution in [2.45, 2.75) is 26.1 Å². The van der Waals surface area contributed by atoms with Crippen LogP contribution in [0.3, 0.4) is 0 Å². The Balaban J connectivity index is 1.62. The molecule has 0 aromatic carbocycles. The molecule has 8 heteroatoms. The maximum atomic E-state index is 12.8. The van der Waals surface area contributed by atoms with Crippen LogP contribution < -0.4 is 0 Å². The van der Waals surface area contributed by atoms with Crippen molar-refractivity contribution in [3.63, 3.8) is 0 Å². The van der Waals surface area contributed by atoms with Gasteiger partial charge in [0.2, 0.25) is 5.78 Å². The van der Waals surface area contributed by atoms with Crippen LogP contribution in [0.1, 0.15) is 28.3 Å². The van der Waals surface area contributed by atoms with Gasteiger partial charge in [0, 0.05) is 31.7 Å². The molecule has 8 nitrogen and oxygen atoms in total. The van der Waals surface area contributed by atoms with Crippen molar-refractivity contribution in [2.75, 3.05) is 6.54 Å². The van der Waals surface area contributed by atoms with Crippen molar-refractivity contribution in [3.8, 4) is 0 Å². The number of amides is 1. The predicted octanol–water partition coefficient (Wildman–Crippen LogP) is 0.464. The van der Waals surface area contributed by atoms with Gasteiger partial charge in [-0.25, -0.2) is 9.97 Å². The Kier molecular flexibility index (Phi) is 3.30. The second-order valence-electron chi connectivity index (χ2n) is 5.54. The van der Waals surface area contributed by atoms with E-state index in [1.54, 1.807) is 27.8 Å². The molecule has 0 saturated heterocycles. The molecule has 0 fully saturated rings. The van der Waals surface area contributed by atoms with Crippen molar-refractivity contribution < 1.29 is 9.90 Å². The Morgan fingerprint density at radius 2 is 2.26 bits per heavy atom. The molecule has 23 heavy (non-hydrogen) atoms. The molecule has 0 saturated carbocycles. The van der Waals surface area contributed by atoms with E-state index in [9.17, 15) is 9.90 Å². The van der Waals surface area contributed by atoms with Crippen LogP contribution in [0.15, 0.2) is 30.7 Å². The van der Waals surface area contributed by atoms with Gasteiger partial charge in [0.05, 0.1) is 24.5 Å². The molecule has 118 valence electrons. The minimum Gasteiger partial charge on any atom is -0.390 e. The standard InChI is InChI=1S/C15H16N6O2/c22-10-11-7-12-8-19(5-2-6-21(12)18-11)14(23)13-9-20-4-1-3-16-15(20)17-13/h1,3-4,7,9,22H,2,5-6,8,10H2. The number of hydrogen-bond donors (Lipinski definition) is 1. The molecule has 1 N–H and O–H groups in total. The summed E-state index contributed by atoms with van der Waals surface area (Å²) in [5, 5.41) is 13.5. The fourth-order valence-corrected chi connectivity index (χ4v) is 2.87. The summed E-state index contributed by atoms with van der Waals surface area (Å²) in [5.41, 5.74) is 1.95.